The maximum Gasteiger partial charge on any atom is 0.434 e. The minimum atomic E-state index is -0.566. The van der Waals surface area contributed by atoms with Crippen LogP contribution in [-0.2, 0) is 0 Å². The number of H-pyrrole nitrogens is 1. The highest BCUT2D eigenvalue weighted by Gasteiger charge is 2.14. The van der Waals surface area contributed by atoms with Crippen molar-refractivity contribution in [2.45, 2.75) is 12.8 Å². The molecule has 21 heavy (non-hydrogen) atoms. The molecule has 0 unspecified atom stereocenters. The van der Waals surface area contributed by atoms with Gasteiger partial charge in [0, 0.05) is 12.1 Å². The molecule has 1 aliphatic rings. The highest BCUT2D eigenvalue weighted by molar-refractivity contribution is 6.33. The van der Waals surface area contributed by atoms with Gasteiger partial charge in [-0.1, -0.05) is 11.6 Å². The summed E-state index contributed by atoms with van der Waals surface area (Å²) in [5.41, 5.74) is 1.55. The van der Waals surface area contributed by atoms with Crippen LogP contribution in [0, 0.1) is 5.92 Å². The van der Waals surface area contributed by atoms with E-state index in [1.54, 1.807) is 12.1 Å². The van der Waals surface area contributed by atoms with Crippen molar-refractivity contribution in [1.82, 2.24) is 15.5 Å². The SMILES string of the molecule is O=c1[nH]nc(-c2ccc(Cl)c(NCC3CCNCC3)c2)o1. The maximum absolute atomic E-state index is 11.0. The van der Waals surface area contributed by atoms with E-state index in [9.17, 15) is 4.79 Å². The molecule has 0 radical (unpaired) electrons. The van der Waals surface area contributed by atoms with E-state index in [4.69, 9.17) is 16.0 Å². The summed E-state index contributed by atoms with van der Waals surface area (Å²) in [4.78, 5) is 11.0. The van der Waals surface area contributed by atoms with Crippen molar-refractivity contribution in [2.75, 3.05) is 25.0 Å². The molecule has 0 aliphatic carbocycles. The predicted octanol–water partition coefficient (Wildman–Crippen LogP) is 2.09. The lowest BCUT2D eigenvalue weighted by molar-refractivity contribution is 0.390. The van der Waals surface area contributed by atoms with Crippen LogP contribution < -0.4 is 16.4 Å². The number of anilines is 1. The number of hydrogen-bond donors (Lipinski definition) is 3. The van der Waals surface area contributed by atoms with Crippen molar-refractivity contribution in [3.05, 3.63) is 33.8 Å². The Morgan fingerprint density at radius 1 is 1.38 bits per heavy atom. The van der Waals surface area contributed by atoms with Gasteiger partial charge >= 0.3 is 5.76 Å². The maximum atomic E-state index is 11.0. The number of rotatable bonds is 4. The van der Waals surface area contributed by atoms with E-state index in [1.807, 2.05) is 6.07 Å². The molecule has 0 spiro atoms. The van der Waals surface area contributed by atoms with E-state index >= 15 is 0 Å². The molecule has 112 valence electrons. The number of piperidine rings is 1. The second kappa shape index (κ2) is 6.32. The van der Waals surface area contributed by atoms with Crippen LogP contribution in [0.2, 0.25) is 5.02 Å². The number of benzene rings is 1. The molecule has 1 saturated heterocycles. The van der Waals surface area contributed by atoms with E-state index < -0.39 is 5.76 Å². The summed E-state index contributed by atoms with van der Waals surface area (Å²) in [6, 6.07) is 5.40. The molecule has 0 amide bonds. The molecule has 0 bridgehead atoms. The quantitative estimate of drug-likeness (QED) is 0.805. The third kappa shape index (κ3) is 3.46. The van der Waals surface area contributed by atoms with Gasteiger partial charge in [-0.05, 0) is 50.0 Å². The number of hydrogen-bond acceptors (Lipinski definition) is 5. The predicted molar refractivity (Wildman–Crippen MR) is 81.7 cm³/mol. The third-order valence-electron chi connectivity index (χ3n) is 3.69. The lowest BCUT2D eigenvalue weighted by Crippen LogP contribution is -2.31. The van der Waals surface area contributed by atoms with Crippen molar-refractivity contribution in [3.63, 3.8) is 0 Å². The number of halogens is 1. The Balaban J connectivity index is 1.73. The van der Waals surface area contributed by atoms with Crippen LogP contribution >= 0.6 is 11.6 Å². The largest absolute Gasteiger partial charge is 0.434 e. The Labute approximate surface area is 126 Å². The van der Waals surface area contributed by atoms with Crippen LogP contribution in [0.25, 0.3) is 11.5 Å². The van der Waals surface area contributed by atoms with Crippen molar-refractivity contribution in [2.24, 2.45) is 5.92 Å². The molecule has 3 rings (SSSR count). The van der Waals surface area contributed by atoms with Gasteiger partial charge in [-0.25, -0.2) is 9.89 Å². The number of aromatic nitrogens is 2. The second-order valence-corrected chi connectivity index (χ2v) is 5.59. The monoisotopic (exact) mass is 308 g/mol. The van der Waals surface area contributed by atoms with E-state index in [0.717, 1.165) is 25.3 Å². The first-order chi connectivity index (χ1) is 10.2. The molecular weight excluding hydrogens is 292 g/mol. The van der Waals surface area contributed by atoms with Crippen molar-refractivity contribution >= 4 is 17.3 Å². The molecule has 1 aliphatic heterocycles. The Morgan fingerprint density at radius 2 is 2.19 bits per heavy atom. The minimum absolute atomic E-state index is 0.265. The Bertz CT molecular complexity index is 661. The van der Waals surface area contributed by atoms with Gasteiger partial charge in [0.1, 0.15) is 0 Å². The topological polar surface area (TPSA) is 83.0 Å². The van der Waals surface area contributed by atoms with Gasteiger partial charge in [0.15, 0.2) is 0 Å². The first-order valence-electron chi connectivity index (χ1n) is 7.02. The fraction of sp³-hybridized carbons (Fsp3) is 0.429. The van der Waals surface area contributed by atoms with Crippen molar-refractivity contribution in [1.29, 1.82) is 0 Å². The summed E-state index contributed by atoms with van der Waals surface area (Å²) >= 11 is 6.21. The summed E-state index contributed by atoms with van der Waals surface area (Å²) in [5, 5.41) is 13.5. The molecule has 0 saturated carbocycles. The van der Waals surface area contributed by atoms with E-state index in [1.165, 1.54) is 12.8 Å². The number of aromatic amines is 1. The summed E-state index contributed by atoms with van der Waals surface area (Å²) in [6.07, 6.45) is 2.33. The molecule has 3 N–H and O–H groups in total. The zero-order valence-electron chi connectivity index (χ0n) is 11.5. The normalized spacial score (nSPS) is 16.0. The molecule has 1 aromatic carbocycles. The molecule has 1 fully saturated rings. The summed E-state index contributed by atoms with van der Waals surface area (Å²) < 4.78 is 4.96. The summed E-state index contributed by atoms with van der Waals surface area (Å²) in [5.74, 6) is 0.347. The molecule has 0 atom stereocenters. The first kappa shape index (κ1) is 14.2. The summed E-state index contributed by atoms with van der Waals surface area (Å²) in [6.45, 7) is 3.02. The van der Waals surface area contributed by atoms with Gasteiger partial charge in [0.05, 0.1) is 10.7 Å². The zero-order chi connectivity index (χ0) is 14.7. The van der Waals surface area contributed by atoms with E-state index in [2.05, 4.69) is 20.8 Å². The Hall–Kier alpha value is -1.79. The third-order valence-corrected chi connectivity index (χ3v) is 4.02. The highest BCUT2D eigenvalue weighted by atomic mass is 35.5. The number of nitrogens with zero attached hydrogens (tertiary/aromatic N) is 1. The average Bonchev–Trinajstić information content (AvgIpc) is 2.94. The molecule has 7 heteroatoms. The highest BCUT2D eigenvalue weighted by Crippen LogP contribution is 2.28. The van der Waals surface area contributed by atoms with Gasteiger partial charge in [-0.3, -0.25) is 0 Å². The fourth-order valence-electron chi connectivity index (χ4n) is 2.49. The van der Waals surface area contributed by atoms with Gasteiger partial charge in [0.2, 0.25) is 5.89 Å². The standard InChI is InChI=1S/C14H17ClN4O2/c15-11-2-1-10(13-18-19-14(20)21-13)7-12(11)17-8-9-3-5-16-6-4-9/h1-2,7,9,16-17H,3-6,8H2,(H,19,20). The smallest absolute Gasteiger partial charge is 0.388 e. The lowest BCUT2D eigenvalue weighted by atomic mass is 9.98. The van der Waals surface area contributed by atoms with Crippen LogP contribution in [0.3, 0.4) is 0 Å². The van der Waals surface area contributed by atoms with Crippen LogP contribution in [0.1, 0.15) is 12.8 Å². The van der Waals surface area contributed by atoms with Gasteiger partial charge < -0.3 is 15.1 Å². The van der Waals surface area contributed by atoms with Crippen molar-refractivity contribution in [3.8, 4) is 11.5 Å². The van der Waals surface area contributed by atoms with E-state index in [-0.39, 0.29) is 5.89 Å². The lowest BCUT2D eigenvalue weighted by Gasteiger charge is -2.23. The van der Waals surface area contributed by atoms with Gasteiger partial charge in [0.25, 0.3) is 0 Å². The van der Waals surface area contributed by atoms with Gasteiger partial charge in [-0.15, -0.1) is 5.10 Å². The zero-order valence-corrected chi connectivity index (χ0v) is 12.2. The summed E-state index contributed by atoms with van der Waals surface area (Å²) in [7, 11) is 0. The van der Waals surface area contributed by atoms with Crippen LogP contribution in [0.4, 0.5) is 5.69 Å². The van der Waals surface area contributed by atoms with Crippen LogP contribution in [-0.4, -0.2) is 29.8 Å². The van der Waals surface area contributed by atoms with Crippen molar-refractivity contribution < 1.29 is 4.42 Å². The fourth-order valence-corrected chi connectivity index (χ4v) is 2.67. The average molecular weight is 309 g/mol. The molecule has 2 heterocycles. The van der Waals surface area contributed by atoms with Gasteiger partial charge in [-0.2, -0.15) is 0 Å². The number of nitrogens with one attached hydrogen (secondary N) is 3. The Morgan fingerprint density at radius 3 is 2.90 bits per heavy atom. The Kier molecular flexibility index (Phi) is 4.26. The second-order valence-electron chi connectivity index (χ2n) is 5.19. The molecular formula is C14H17ClN4O2. The van der Waals surface area contributed by atoms with E-state index in [0.29, 0.717) is 16.5 Å². The molecule has 6 nitrogen and oxygen atoms in total. The van der Waals surface area contributed by atoms with Crippen LogP contribution in [0.5, 0.6) is 0 Å². The van der Waals surface area contributed by atoms with Crippen LogP contribution in [0.15, 0.2) is 27.4 Å². The minimum Gasteiger partial charge on any atom is -0.388 e. The molecule has 1 aromatic heterocycles. The first-order valence-corrected chi connectivity index (χ1v) is 7.40. The molecule has 2 aromatic rings.